The van der Waals surface area contributed by atoms with Crippen LogP contribution in [0.25, 0.3) is 0 Å². The molecule has 0 aromatic rings. The maximum absolute atomic E-state index is 10.5. The van der Waals surface area contributed by atoms with Crippen molar-refractivity contribution in [2.75, 3.05) is 0 Å². The molecule has 1 atom stereocenters. The van der Waals surface area contributed by atoms with Crippen LogP contribution in [0.2, 0.25) is 0 Å². The van der Waals surface area contributed by atoms with Crippen molar-refractivity contribution in [3.63, 3.8) is 0 Å². The van der Waals surface area contributed by atoms with Gasteiger partial charge in [0.1, 0.15) is 0 Å². The Morgan fingerprint density at radius 3 is 2.62 bits per heavy atom. The summed E-state index contributed by atoms with van der Waals surface area (Å²) in [6, 6.07) is 0. The zero-order chi connectivity index (χ0) is 6.20. The van der Waals surface area contributed by atoms with Crippen LogP contribution in [-0.4, -0.2) is 11.6 Å². The van der Waals surface area contributed by atoms with Crippen molar-refractivity contribution in [3.05, 3.63) is 0 Å². The van der Waals surface area contributed by atoms with E-state index in [0.717, 1.165) is 6.42 Å². The molecular weight excluding hydrogens is 104 g/mol. The van der Waals surface area contributed by atoms with E-state index in [0.29, 0.717) is 6.42 Å². The largest absolute Gasteiger partial charge is 0.339 e. The first kappa shape index (κ1) is 5.56. The van der Waals surface area contributed by atoms with Gasteiger partial charge in [0.25, 0.3) is 0 Å². The number of nitrogens with two attached hydrogens (primary N) is 1. The second-order valence-corrected chi connectivity index (χ2v) is 2.47. The van der Waals surface area contributed by atoms with Crippen molar-refractivity contribution in [2.24, 2.45) is 5.73 Å². The molecule has 0 radical (unpaired) electrons. The second-order valence-electron chi connectivity index (χ2n) is 2.47. The minimum Gasteiger partial charge on any atom is -0.339 e. The molecule has 3 nitrogen and oxygen atoms in total. The number of hydrogen-bond acceptors (Lipinski definition) is 2. The fourth-order valence-corrected chi connectivity index (χ4v) is 0.817. The topological polar surface area (TPSA) is 55.1 Å². The molecule has 1 unspecified atom stereocenters. The Kier molecular flexibility index (Phi) is 1.01. The van der Waals surface area contributed by atoms with Gasteiger partial charge in [0.2, 0.25) is 5.91 Å². The van der Waals surface area contributed by atoms with Gasteiger partial charge in [-0.2, -0.15) is 0 Å². The third kappa shape index (κ3) is 0.980. The quantitative estimate of drug-likeness (QED) is 0.449. The van der Waals surface area contributed by atoms with Gasteiger partial charge in [-0.1, -0.05) is 0 Å². The molecule has 1 aliphatic heterocycles. The van der Waals surface area contributed by atoms with Gasteiger partial charge in [-0.05, 0) is 13.3 Å². The Hall–Kier alpha value is -0.570. The normalized spacial score (nSPS) is 37.5. The van der Waals surface area contributed by atoms with Gasteiger partial charge < -0.3 is 11.1 Å². The van der Waals surface area contributed by atoms with Crippen molar-refractivity contribution in [2.45, 2.75) is 25.4 Å². The summed E-state index contributed by atoms with van der Waals surface area (Å²) in [6.07, 6.45) is 1.33. The lowest BCUT2D eigenvalue weighted by molar-refractivity contribution is -0.119. The average molecular weight is 114 g/mol. The maximum Gasteiger partial charge on any atom is 0.221 e. The fourth-order valence-electron chi connectivity index (χ4n) is 0.817. The molecule has 3 heteroatoms. The minimum atomic E-state index is -0.433. The molecule has 1 rings (SSSR count). The number of carbonyl (C=O) groups excluding carboxylic acids is 1. The van der Waals surface area contributed by atoms with Crippen LogP contribution in [0.15, 0.2) is 0 Å². The highest BCUT2D eigenvalue weighted by Gasteiger charge is 2.27. The number of amides is 1. The van der Waals surface area contributed by atoms with E-state index in [4.69, 9.17) is 5.73 Å². The Balaban J connectivity index is 2.56. The first-order valence-corrected chi connectivity index (χ1v) is 2.70. The number of nitrogens with one attached hydrogen (secondary N) is 1. The van der Waals surface area contributed by atoms with Gasteiger partial charge in [-0.15, -0.1) is 0 Å². The summed E-state index contributed by atoms with van der Waals surface area (Å²) in [5.74, 6) is 0.0648. The molecule has 1 amide bonds. The predicted octanol–water partition coefficient (Wildman–Crippen LogP) is -0.429. The van der Waals surface area contributed by atoms with E-state index in [9.17, 15) is 4.79 Å². The Labute approximate surface area is 48.2 Å². The molecule has 1 saturated heterocycles. The summed E-state index contributed by atoms with van der Waals surface area (Å²) in [5.41, 5.74) is 5.10. The lowest BCUT2D eigenvalue weighted by Crippen LogP contribution is -2.46. The van der Waals surface area contributed by atoms with Gasteiger partial charge in [0.15, 0.2) is 0 Å². The minimum absolute atomic E-state index is 0.0648. The summed E-state index contributed by atoms with van der Waals surface area (Å²) in [5, 5.41) is 2.63. The van der Waals surface area contributed by atoms with Crippen LogP contribution in [0.4, 0.5) is 0 Å². The van der Waals surface area contributed by atoms with Crippen LogP contribution >= 0.6 is 0 Å². The van der Waals surface area contributed by atoms with Crippen molar-refractivity contribution in [1.82, 2.24) is 5.32 Å². The van der Waals surface area contributed by atoms with E-state index in [2.05, 4.69) is 5.32 Å². The summed E-state index contributed by atoms with van der Waals surface area (Å²) in [6.45, 7) is 1.82. The van der Waals surface area contributed by atoms with Crippen molar-refractivity contribution < 1.29 is 4.79 Å². The van der Waals surface area contributed by atoms with E-state index < -0.39 is 5.66 Å². The first-order valence-electron chi connectivity index (χ1n) is 2.70. The molecule has 46 valence electrons. The molecule has 1 fully saturated rings. The predicted molar refractivity (Wildman–Crippen MR) is 30.0 cm³/mol. The van der Waals surface area contributed by atoms with Crippen molar-refractivity contribution >= 4 is 5.91 Å². The van der Waals surface area contributed by atoms with E-state index in [1.54, 1.807) is 0 Å². The van der Waals surface area contributed by atoms with Crippen LogP contribution in [0.1, 0.15) is 19.8 Å². The van der Waals surface area contributed by atoms with Gasteiger partial charge in [0.05, 0.1) is 5.66 Å². The highest BCUT2D eigenvalue weighted by Crippen LogP contribution is 2.11. The van der Waals surface area contributed by atoms with Gasteiger partial charge >= 0.3 is 0 Å². The molecule has 8 heavy (non-hydrogen) atoms. The van der Waals surface area contributed by atoms with E-state index in [1.165, 1.54) is 0 Å². The fraction of sp³-hybridized carbons (Fsp3) is 0.800. The monoisotopic (exact) mass is 114 g/mol. The average Bonchev–Trinajstić information content (AvgIpc) is 1.82. The van der Waals surface area contributed by atoms with E-state index >= 15 is 0 Å². The molecule has 0 aliphatic carbocycles. The molecular formula is C5H10N2O. The molecule has 0 aromatic carbocycles. The Morgan fingerprint density at radius 2 is 2.50 bits per heavy atom. The highest BCUT2D eigenvalue weighted by molar-refractivity contribution is 5.79. The van der Waals surface area contributed by atoms with Gasteiger partial charge in [-0.25, -0.2) is 0 Å². The van der Waals surface area contributed by atoms with Gasteiger partial charge in [0, 0.05) is 6.42 Å². The summed E-state index contributed by atoms with van der Waals surface area (Å²) in [4.78, 5) is 10.5. The number of carbonyl (C=O) groups is 1. The van der Waals surface area contributed by atoms with E-state index in [1.807, 2.05) is 6.92 Å². The van der Waals surface area contributed by atoms with Crippen molar-refractivity contribution in [1.29, 1.82) is 0 Å². The molecule has 1 aliphatic rings. The third-order valence-corrected chi connectivity index (χ3v) is 1.30. The number of hydrogen-bond donors (Lipinski definition) is 2. The zero-order valence-corrected chi connectivity index (χ0v) is 4.90. The van der Waals surface area contributed by atoms with Crippen LogP contribution in [0, 0.1) is 0 Å². The van der Waals surface area contributed by atoms with Crippen molar-refractivity contribution in [3.8, 4) is 0 Å². The molecule has 0 saturated carbocycles. The number of rotatable bonds is 0. The standard InChI is InChI=1S/C5H10N2O/c1-5(6)3-2-4(8)7-5/h2-3,6H2,1H3,(H,7,8). The van der Waals surface area contributed by atoms with Crippen LogP contribution < -0.4 is 11.1 Å². The molecule has 3 N–H and O–H groups in total. The van der Waals surface area contributed by atoms with E-state index in [-0.39, 0.29) is 5.91 Å². The second kappa shape index (κ2) is 1.45. The zero-order valence-electron chi connectivity index (χ0n) is 4.90. The molecule has 0 spiro atoms. The first-order chi connectivity index (χ1) is 3.60. The lowest BCUT2D eigenvalue weighted by atomic mass is 10.2. The summed E-state index contributed by atoms with van der Waals surface area (Å²) < 4.78 is 0. The van der Waals surface area contributed by atoms with Crippen LogP contribution in [-0.2, 0) is 4.79 Å². The van der Waals surface area contributed by atoms with Gasteiger partial charge in [-0.3, -0.25) is 4.79 Å². The lowest BCUT2D eigenvalue weighted by Gasteiger charge is -2.15. The Bertz CT molecular complexity index is 120. The Morgan fingerprint density at radius 1 is 1.88 bits per heavy atom. The smallest absolute Gasteiger partial charge is 0.221 e. The van der Waals surface area contributed by atoms with Crippen LogP contribution in [0.3, 0.4) is 0 Å². The molecule has 1 heterocycles. The molecule has 0 aromatic heterocycles. The summed E-state index contributed by atoms with van der Waals surface area (Å²) >= 11 is 0. The highest BCUT2D eigenvalue weighted by atomic mass is 16.2. The third-order valence-electron chi connectivity index (χ3n) is 1.30. The SMILES string of the molecule is CC1(N)CCC(=O)N1. The molecule has 0 bridgehead atoms. The summed E-state index contributed by atoms with van der Waals surface area (Å²) in [7, 11) is 0. The maximum atomic E-state index is 10.5. The van der Waals surface area contributed by atoms with Crippen LogP contribution in [0.5, 0.6) is 0 Å².